The number of nitrogens with zero attached hydrogens (tertiary/aromatic N) is 4. The van der Waals surface area contributed by atoms with Gasteiger partial charge in [0.05, 0.1) is 17.9 Å². The number of nitrogens with one attached hydrogen (secondary N) is 2. The summed E-state index contributed by atoms with van der Waals surface area (Å²) in [6, 6.07) is 0. The fourth-order valence-corrected chi connectivity index (χ4v) is 3.52. The monoisotopic (exact) mass is 490 g/mol. The maximum absolute atomic E-state index is 4.66. The Labute approximate surface area is 177 Å². The van der Waals surface area contributed by atoms with E-state index in [4.69, 9.17) is 0 Å². The second-order valence-electron chi connectivity index (χ2n) is 6.47. The number of aliphatic imine (C=N–C) groups is 1. The summed E-state index contributed by atoms with van der Waals surface area (Å²) in [7, 11) is 1.99. The van der Waals surface area contributed by atoms with Gasteiger partial charge < -0.3 is 10.6 Å². The van der Waals surface area contributed by atoms with Crippen LogP contribution in [0.25, 0.3) is 0 Å². The Hall–Kier alpha value is -1.16. The molecule has 0 aliphatic carbocycles. The van der Waals surface area contributed by atoms with Gasteiger partial charge in [-0.15, -0.1) is 35.3 Å². The van der Waals surface area contributed by atoms with Gasteiger partial charge in [0.15, 0.2) is 5.96 Å². The number of aromatic nitrogens is 3. The average Bonchev–Trinajstić information content (AvgIpc) is 3.13. The predicted molar refractivity (Wildman–Crippen MR) is 121 cm³/mol. The lowest BCUT2D eigenvalue weighted by Gasteiger charge is -2.11. The van der Waals surface area contributed by atoms with Crippen LogP contribution >= 0.6 is 35.3 Å². The summed E-state index contributed by atoms with van der Waals surface area (Å²) >= 11 is 1.68. The maximum atomic E-state index is 4.66. The molecule has 2 aromatic rings. The fourth-order valence-electron chi connectivity index (χ4n) is 2.64. The third-order valence-electron chi connectivity index (χ3n) is 4.20. The Morgan fingerprint density at radius 3 is 2.58 bits per heavy atom. The van der Waals surface area contributed by atoms with Gasteiger partial charge in [0.2, 0.25) is 0 Å². The van der Waals surface area contributed by atoms with Gasteiger partial charge in [-0.2, -0.15) is 5.10 Å². The molecule has 2 heterocycles. The van der Waals surface area contributed by atoms with E-state index in [9.17, 15) is 0 Å². The van der Waals surface area contributed by atoms with Crippen molar-refractivity contribution in [3.05, 3.63) is 33.0 Å². The van der Waals surface area contributed by atoms with Crippen LogP contribution in [0.1, 0.15) is 54.3 Å². The number of rotatable bonds is 7. The molecular formula is C18H31IN6S. The van der Waals surface area contributed by atoms with Crippen LogP contribution in [0.15, 0.2) is 10.4 Å². The molecule has 2 rings (SSSR count). The molecule has 0 bridgehead atoms. The topological polar surface area (TPSA) is 67.1 Å². The normalized spacial score (nSPS) is 11.6. The highest BCUT2D eigenvalue weighted by molar-refractivity contribution is 14.0. The summed E-state index contributed by atoms with van der Waals surface area (Å²) in [5.41, 5.74) is 4.79. The van der Waals surface area contributed by atoms with E-state index < -0.39 is 0 Å². The highest BCUT2D eigenvalue weighted by Crippen LogP contribution is 2.18. The Morgan fingerprint density at radius 1 is 1.31 bits per heavy atom. The quantitative estimate of drug-likeness (QED) is 0.354. The molecule has 0 fully saturated rings. The summed E-state index contributed by atoms with van der Waals surface area (Å²) in [5, 5.41) is 14.4. The molecule has 26 heavy (non-hydrogen) atoms. The van der Waals surface area contributed by atoms with Crippen molar-refractivity contribution in [3.63, 3.8) is 0 Å². The lowest BCUT2D eigenvalue weighted by Crippen LogP contribution is -2.38. The molecule has 146 valence electrons. The maximum Gasteiger partial charge on any atom is 0.191 e. The van der Waals surface area contributed by atoms with Gasteiger partial charge >= 0.3 is 0 Å². The van der Waals surface area contributed by atoms with Gasteiger partial charge in [0, 0.05) is 31.2 Å². The molecule has 2 aromatic heterocycles. The van der Waals surface area contributed by atoms with Gasteiger partial charge in [-0.1, -0.05) is 13.8 Å². The first-order valence-corrected chi connectivity index (χ1v) is 9.75. The fraction of sp³-hybridized carbons (Fsp3) is 0.611. The van der Waals surface area contributed by atoms with Crippen LogP contribution in [0.3, 0.4) is 0 Å². The first kappa shape index (κ1) is 22.9. The predicted octanol–water partition coefficient (Wildman–Crippen LogP) is 3.53. The Balaban J connectivity index is 0.00000338. The van der Waals surface area contributed by atoms with Gasteiger partial charge in [-0.25, -0.2) is 9.98 Å². The van der Waals surface area contributed by atoms with Crippen LogP contribution in [0, 0.1) is 13.8 Å². The minimum absolute atomic E-state index is 0. The number of hydrogen-bond donors (Lipinski definition) is 2. The Bertz CT molecular complexity index is 719. The smallest absolute Gasteiger partial charge is 0.191 e. The third kappa shape index (κ3) is 6.22. The van der Waals surface area contributed by atoms with E-state index in [0.29, 0.717) is 12.5 Å². The zero-order chi connectivity index (χ0) is 18.4. The van der Waals surface area contributed by atoms with Gasteiger partial charge in [-0.05, 0) is 38.7 Å². The summed E-state index contributed by atoms with van der Waals surface area (Å²) in [6.45, 7) is 12.9. The lowest BCUT2D eigenvalue weighted by molar-refractivity contribution is 0.729. The Kier molecular flexibility index (Phi) is 9.56. The standard InChI is InChI=1S/C18H30N6S.HI/c1-7-19-18(21-10-17-22-16(11-25-17)12(2)3)20-9-8-15-13(4)23-24(6)14(15)5;/h11-12H,7-10H2,1-6H3,(H2,19,20,21);1H. The van der Waals surface area contributed by atoms with E-state index >= 15 is 0 Å². The van der Waals surface area contributed by atoms with Crippen LogP contribution in [0.2, 0.25) is 0 Å². The van der Waals surface area contributed by atoms with Crippen molar-refractivity contribution in [3.8, 4) is 0 Å². The van der Waals surface area contributed by atoms with Crippen LogP contribution < -0.4 is 10.6 Å². The van der Waals surface area contributed by atoms with Crippen molar-refractivity contribution in [1.82, 2.24) is 25.4 Å². The van der Waals surface area contributed by atoms with Gasteiger partial charge in [0.1, 0.15) is 5.01 Å². The minimum Gasteiger partial charge on any atom is -0.357 e. The van der Waals surface area contributed by atoms with Crippen LogP contribution in [-0.4, -0.2) is 33.8 Å². The lowest BCUT2D eigenvalue weighted by atomic mass is 10.1. The summed E-state index contributed by atoms with van der Waals surface area (Å²) < 4.78 is 1.94. The highest BCUT2D eigenvalue weighted by atomic mass is 127. The van der Waals surface area contributed by atoms with E-state index in [1.54, 1.807) is 11.3 Å². The van der Waals surface area contributed by atoms with Crippen molar-refractivity contribution in [2.24, 2.45) is 12.0 Å². The van der Waals surface area contributed by atoms with E-state index in [2.05, 4.69) is 65.7 Å². The number of hydrogen-bond acceptors (Lipinski definition) is 4. The molecule has 6 nitrogen and oxygen atoms in total. The Morgan fingerprint density at radius 2 is 2.04 bits per heavy atom. The van der Waals surface area contributed by atoms with E-state index in [-0.39, 0.29) is 24.0 Å². The second kappa shape index (κ2) is 10.9. The largest absolute Gasteiger partial charge is 0.357 e. The van der Waals surface area contributed by atoms with Crippen LogP contribution in [0.5, 0.6) is 0 Å². The number of aryl methyl sites for hydroxylation is 2. The third-order valence-corrected chi connectivity index (χ3v) is 5.06. The van der Waals surface area contributed by atoms with Crippen molar-refractivity contribution >= 4 is 41.3 Å². The van der Waals surface area contributed by atoms with Crippen LogP contribution in [-0.2, 0) is 20.0 Å². The van der Waals surface area contributed by atoms with Gasteiger partial charge in [0.25, 0.3) is 0 Å². The van der Waals surface area contributed by atoms with E-state index in [0.717, 1.165) is 41.9 Å². The van der Waals surface area contributed by atoms with Crippen molar-refractivity contribution in [1.29, 1.82) is 0 Å². The van der Waals surface area contributed by atoms with Crippen molar-refractivity contribution in [2.75, 3.05) is 13.1 Å². The molecule has 0 aliphatic heterocycles. The number of thiazole rings is 1. The molecule has 0 aliphatic rings. The second-order valence-corrected chi connectivity index (χ2v) is 7.41. The van der Waals surface area contributed by atoms with E-state index in [1.807, 2.05) is 11.7 Å². The first-order chi connectivity index (χ1) is 11.9. The van der Waals surface area contributed by atoms with Crippen molar-refractivity contribution in [2.45, 2.75) is 53.5 Å². The SMILES string of the molecule is CCNC(=NCc1nc(C(C)C)cs1)NCCc1c(C)nn(C)c1C.I. The molecule has 0 atom stereocenters. The van der Waals surface area contributed by atoms with Gasteiger partial charge in [-0.3, -0.25) is 4.68 Å². The minimum atomic E-state index is 0. The number of halogens is 1. The van der Waals surface area contributed by atoms with E-state index in [1.165, 1.54) is 11.3 Å². The van der Waals surface area contributed by atoms with Crippen molar-refractivity contribution < 1.29 is 0 Å². The molecule has 8 heteroatoms. The van der Waals surface area contributed by atoms with Crippen LogP contribution in [0.4, 0.5) is 0 Å². The molecule has 0 radical (unpaired) electrons. The molecule has 0 aromatic carbocycles. The molecule has 0 spiro atoms. The zero-order valence-corrected chi connectivity index (χ0v) is 19.7. The molecule has 0 unspecified atom stereocenters. The highest BCUT2D eigenvalue weighted by Gasteiger charge is 2.09. The summed E-state index contributed by atoms with van der Waals surface area (Å²) in [5.74, 6) is 1.30. The first-order valence-electron chi connectivity index (χ1n) is 8.87. The summed E-state index contributed by atoms with van der Waals surface area (Å²) in [4.78, 5) is 9.30. The number of guanidine groups is 1. The molecule has 0 saturated heterocycles. The average molecular weight is 490 g/mol. The molecule has 2 N–H and O–H groups in total. The molecular weight excluding hydrogens is 459 g/mol. The molecule has 0 amide bonds. The zero-order valence-electron chi connectivity index (χ0n) is 16.6. The molecule has 0 saturated carbocycles. The summed E-state index contributed by atoms with van der Waals surface area (Å²) in [6.07, 6.45) is 0.935.